The van der Waals surface area contributed by atoms with Crippen LogP contribution in [0.15, 0.2) is 24.3 Å². The Bertz CT molecular complexity index is 412. The number of rotatable bonds is 8. The molecule has 0 radical (unpaired) electrons. The Morgan fingerprint density at radius 3 is 2.58 bits per heavy atom. The Hall–Kier alpha value is -1.39. The van der Waals surface area contributed by atoms with Crippen molar-refractivity contribution >= 4 is 5.78 Å². The number of aliphatic hydroxyl groups excluding tert-OH is 1. The molecule has 0 saturated heterocycles. The topological polar surface area (TPSA) is 49.8 Å². The van der Waals surface area contributed by atoms with E-state index < -0.39 is 0 Å². The second-order valence-electron chi connectivity index (χ2n) is 4.81. The van der Waals surface area contributed by atoms with Gasteiger partial charge in [0.2, 0.25) is 0 Å². The van der Waals surface area contributed by atoms with Crippen molar-refractivity contribution in [3.05, 3.63) is 29.8 Å². The van der Waals surface area contributed by atoms with Gasteiger partial charge >= 0.3 is 0 Å². The van der Waals surface area contributed by atoms with Gasteiger partial charge in [-0.3, -0.25) is 9.69 Å². The molecule has 104 valence electrons. The number of carbonyl (C=O) groups excluding carboxylic acids is 1. The lowest BCUT2D eigenvalue weighted by molar-refractivity contribution is 0.0907. The summed E-state index contributed by atoms with van der Waals surface area (Å²) in [6.45, 7) is 3.63. The van der Waals surface area contributed by atoms with Gasteiger partial charge in [0.1, 0.15) is 5.75 Å². The van der Waals surface area contributed by atoms with Crippen molar-refractivity contribution in [2.24, 2.45) is 0 Å². The number of aliphatic hydroxyl groups is 1. The Kier molecular flexibility index (Phi) is 4.93. The number of carbonyl (C=O) groups is 1. The summed E-state index contributed by atoms with van der Waals surface area (Å²) < 4.78 is 5.35. The summed E-state index contributed by atoms with van der Waals surface area (Å²) in [7, 11) is 0. The minimum Gasteiger partial charge on any atom is -0.494 e. The molecule has 0 atom stereocenters. The second kappa shape index (κ2) is 6.68. The molecule has 1 saturated carbocycles. The van der Waals surface area contributed by atoms with Crippen LogP contribution in [0.4, 0.5) is 0 Å². The minimum absolute atomic E-state index is 0.100. The molecule has 1 N–H and O–H groups in total. The van der Waals surface area contributed by atoms with Gasteiger partial charge in [0, 0.05) is 18.2 Å². The lowest BCUT2D eigenvalue weighted by atomic mass is 10.1. The maximum atomic E-state index is 12.2. The largest absolute Gasteiger partial charge is 0.494 e. The molecule has 4 nitrogen and oxygen atoms in total. The molecule has 0 bridgehead atoms. The smallest absolute Gasteiger partial charge is 0.176 e. The number of nitrogens with zero attached hydrogens (tertiary/aromatic N) is 1. The van der Waals surface area contributed by atoms with Crippen LogP contribution in [-0.4, -0.2) is 48.1 Å². The minimum atomic E-state index is 0.100. The normalized spacial score (nSPS) is 14.7. The molecular formula is C15H21NO3. The predicted octanol–water partition coefficient (Wildman–Crippen LogP) is 1.72. The first-order chi connectivity index (χ1) is 9.24. The summed E-state index contributed by atoms with van der Waals surface area (Å²) in [4.78, 5) is 14.2. The number of ether oxygens (including phenoxy) is 1. The lowest BCUT2D eigenvalue weighted by Crippen LogP contribution is -2.34. The molecule has 2 rings (SSSR count). The fourth-order valence-electron chi connectivity index (χ4n) is 2.14. The molecule has 4 heteroatoms. The van der Waals surface area contributed by atoms with Gasteiger partial charge in [-0.2, -0.15) is 0 Å². The number of Topliss-reactive ketones (excluding diaryl/α,β-unsaturated/α-hetero) is 1. The highest BCUT2D eigenvalue weighted by Crippen LogP contribution is 2.26. The zero-order valence-electron chi connectivity index (χ0n) is 11.3. The molecule has 0 amide bonds. The van der Waals surface area contributed by atoms with Crippen LogP contribution in [0.2, 0.25) is 0 Å². The van der Waals surface area contributed by atoms with E-state index in [-0.39, 0.29) is 12.4 Å². The van der Waals surface area contributed by atoms with E-state index in [0.717, 1.165) is 18.6 Å². The van der Waals surface area contributed by atoms with Crippen LogP contribution in [-0.2, 0) is 0 Å². The third-order valence-electron chi connectivity index (χ3n) is 3.28. The van der Waals surface area contributed by atoms with Gasteiger partial charge in [-0.25, -0.2) is 0 Å². The van der Waals surface area contributed by atoms with Crippen molar-refractivity contribution in [1.82, 2.24) is 4.90 Å². The second-order valence-corrected chi connectivity index (χ2v) is 4.81. The SMILES string of the molecule is CCOc1ccc(C(=O)CN(CCO)C2CC2)cc1. The zero-order chi connectivity index (χ0) is 13.7. The monoisotopic (exact) mass is 263 g/mol. The first-order valence-corrected chi connectivity index (χ1v) is 6.85. The summed E-state index contributed by atoms with van der Waals surface area (Å²) in [5.74, 6) is 0.886. The van der Waals surface area contributed by atoms with Crippen LogP contribution < -0.4 is 4.74 Å². The standard InChI is InChI=1S/C15H21NO3/c1-2-19-14-7-3-12(4-8-14)15(18)11-16(9-10-17)13-5-6-13/h3-4,7-8,13,17H,2,5-6,9-11H2,1H3. The van der Waals surface area contributed by atoms with Gasteiger partial charge in [0.15, 0.2) is 5.78 Å². The molecular weight excluding hydrogens is 242 g/mol. The fraction of sp³-hybridized carbons (Fsp3) is 0.533. The van der Waals surface area contributed by atoms with E-state index >= 15 is 0 Å². The molecule has 1 fully saturated rings. The first kappa shape index (κ1) is 14.0. The number of benzene rings is 1. The number of hydrogen-bond donors (Lipinski definition) is 1. The third-order valence-corrected chi connectivity index (χ3v) is 3.28. The van der Waals surface area contributed by atoms with Crippen LogP contribution in [0, 0.1) is 0 Å². The van der Waals surface area contributed by atoms with Gasteiger partial charge in [-0.05, 0) is 44.0 Å². The van der Waals surface area contributed by atoms with Crippen LogP contribution in [0.5, 0.6) is 5.75 Å². The molecule has 0 unspecified atom stereocenters. The van der Waals surface area contributed by atoms with E-state index in [1.807, 2.05) is 19.1 Å². The van der Waals surface area contributed by atoms with E-state index in [2.05, 4.69) is 4.90 Å². The van der Waals surface area contributed by atoms with Crippen molar-refractivity contribution in [2.75, 3.05) is 26.3 Å². The highest BCUT2D eigenvalue weighted by atomic mass is 16.5. The van der Waals surface area contributed by atoms with Crippen LogP contribution in [0.3, 0.4) is 0 Å². The van der Waals surface area contributed by atoms with Crippen molar-refractivity contribution < 1.29 is 14.6 Å². The van der Waals surface area contributed by atoms with Gasteiger partial charge in [0.05, 0.1) is 19.8 Å². The lowest BCUT2D eigenvalue weighted by Gasteiger charge is -2.19. The molecule has 1 aliphatic rings. The van der Waals surface area contributed by atoms with E-state index in [1.165, 1.54) is 0 Å². The molecule has 1 aromatic carbocycles. The number of hydrogen-bond acceptors (Lipinski definition) is 4. The highest BCUT2D eigenvalue weighted by Gasteiger charge is 2.29. The Balaban J connectivity index is 1.94. The average molecular weight is 263 g/mol. The third kappa shape index (κ3) is 4.04. The number of ketones is 1. The van der Waals surface area contributed by atoms with Crippen LogP contribution in [0.1, 0.15) is 30.1 Å². The summed E-state index contributed by atoms with van der Waals surface area (Å²) in [6, 6.07) is 7.74. The predicted molar refractivity (Wildman–Crippen MR) is 73.6 cm³/mol. The summed E-state index contributed by atoms with van der Waals surface area (Å²) >= 11 is 0. The van der Waals surface area contributed by atoms with Gasteiger partial charge in [0.25, 0.3) is 0 Å². The fourth-order valence-corrected chi connectivity index (χ4v) is 2.14. The van der Waals surface area contributed by atoms with E-state index in [9.17, 15) is 4.79 Å². The quantitative estimate of drug-likeness (QED) is 0.726. The Morgan fingerprint density at radius 1 is 1.37 bits per heavy atom. The molecule has 0 aliphatic heterocycles. The summed E-state index contributed by atoms with van der Waals surface area (Å²) in [5.41, 5.74) is 0.701. The molecule has 1 aliphatic carbocycles. The van der Waals surface area contributed by atoms with E-state index in [4.69, 9.17) is 9.84 Å². The average Bonchev–Trinajstić information content (AvgIpc) is 3.24. The van der Waals surface area contributed by atoms with Crippen molar-refractivity contribution in [1.29, 1.82) is 0 Å². The zero-order valence-corrected chi connectivity index (χ0v) is 11.3. The Labute approximate surface area is 114 Å². The van der Waals surface area contributed by atoms with Gasteiger partial charge < -0.3 is 9.84 Å². The highest BCUT2D eigenvalue weighted by molar-refractivity contribution is 5.97. The van der Waals surface area contributed by atoms with Gasteiger partial charge in [-0.1, -0.05) is 0 Å². The van der Waals surface area contributed by atoms with E-state index in [1.54, 1.807) is 12.1 Å². The van der Waals surface area contributed by atoms with Crippen LogP contribution in [0.25, 0.3) is 0 Å². The van der Waals surface area contributed by atoms with Crippen LogP contribution >= 0.6 is 0 Å². The summed E-state index contributed by atoms with van der Waals surface area (Å²) in [5, 5.41) is 9.02. The van der Waals surface area contributed by atoms with Crippen molar-refractivity contribution in [3.8, 4) is 5.75 Å². The first-order valence-electron chi connectivity index (χ1n) is 6.85. The van der Waals surface area contributed by atoms with E-state index in [0.29, 0.717) is 31.3 Å². The molecule has 0 aromatic heterocycles. The molecule has 0 heterocycles. The molecule has 19 heavy (non-hydrogen) atoms. The Morgan fingerprint density at radius 2 is 2.05 bits per heavy atom. The van der Waals surface area contributed by atoms with Crippen molar-refractivity contribution in [2.45, 2.75) is 25.8 Å². The van der Waals surface area contributed by atoms with Crippen molar-refractivity contribution in [3.63, 3.8) is 0 Å². The maximum Gasteiger partial charge on any atom is 0.176 e. The molecule has 0 spiro atoms. The maximum absolute atomic E-state index is 12.2. The van der Waals surface area contributed by atoms with Gasteiger partial charge in [-0.15, -0.1) is 0 Å². The summed E-state index contributed by atoms with van der Waals surface area (Å²) in [6.07, 6.45) is 2.27. The molecule has 1 aromatic rings.